The maximum absolute atomic E-state index is 13.9. The number of amides is 1. The van der Waals surface area contributed by atoms with E-state index >= 15 is 0 Å². The number of nitrogens with zero attached hydrogens (tertiary/aromatic N) is 1. The lowest BCUT2D eigenvalue weighted by Gasteiger charge is -2.37. The summed E-state index contributed by atoms with van der Waals surface area (Å²) in [5, 5.41) is 0.815. The average Bonchev–Trinajstić information content (AvgIpc) is 2.90. The van der Waals surface area contributed by atoms with Crippen LogP contribution in [0.25, 0.3) is 11.0 Å². The van der Waals surface area contributed by atoms with E-state index < -0.39 is 17.5 Å². The van der Waals surface area contributed by atoms with Crippen molar-refractivity contribution in [2.75, 3.05) is 27.4 Å². The van der Waals surface area contributed by atoms with E-state index in [0.29, 0.717) is 35.8 Å². The van der Waals surface area contributed by atoms with Crippen LogP contribution >= 0.6 is 0 Å². The average molecular weight is 504 g/mol. The van der Waals surface area contributed by atoms with E-state index in [0.717, 1.165) is 22.1 Å². The summed E-state index contributed by atoms with van der Waals surface area (Å²) >= 11 is 0. The molecule has 0 bridgehead atoms. The van der Waals surface area contributed by atoms with Crippen LogP contribution in [0, 0.1) is 12.7 Å². The van der Waals surface area contributed by atoms with Crippen LogP contribution in [0.5, 0.6) is 17.2 Å². The predicted molar refractivity (Wildman–Crippen MR) is 136 cm³/mol. The van der Waals surface area contributed by atoms with Gasteiger partial charge in [0.05, 0.1) is 20.3 Å². The molecule has 0 radical (unpaired) electrons. The lowest BCUT2D eigenvalue weighted by molar-refractivity contribution is 0.0589. The second kappa shape index (κ2) is 9.97. The van der Waals surface area contributed by atoms with Crippen molar-refractivity contribution < 1.29 is 27.8 Å². The maximum atomic E-state index is 13.9. The molecule has 3 aromatic carbocycles. The molecule has 4 aromatic rings. The molecule has 8 heteroatoms. The Hall–Kier alpha value is -4.33. The van der Waals surface area contributed by atoms with Crippen molar-refractivity contribution in [2.24, 2.45) is 0 Å². The Morgan fingerprint density at radius 2 is 1.84 bits per heavy atom. The lowest BCUT2D eigenvalue weighted by Crippen LogP contribution is -2.42. The number of ether oxygens (including phenoxy) is 3. The quantitative estimate of drug-likeness (QED) is 0.342. The number of methoxy groups -OCH3 is 2. The molecule has 37 heavy (non-hydrogen) atoms. The molecule has 5 rings (SSSR count). The fourth-order valence-corrected chi connectivity index (χ4v) is 4.81. The highest BCUT2D eigenvalue weighted by Gasteiger charge is 2.33. The van der Waals surface area contributed by atoms with Gasteiger partial charge >= 0.3 is 5.63 Å². The summed E-state index contributed by atoms with van der Waals surface area (Å²) in [6, 6.07) is 15.7. The van der Waals surface area contributed by atoms with Crippen molar-refractivity contribution in [3.8, 4) is 17.2 Å². The third-order valence-electron chi connectivity index (χ3n) is 6.67. The van der Waals surface area contributed by atoms with E-state index in [-0.39, 0.29) is 18.1 Å². The fraction of sp³-hybridized carbons (Fsp3) is 0.241. The first-order valence-corrected chi connectivity index (χ1v) is 11.9. The minimum absolute atomic E-state index is 0.116. The van der Waals surface area contributed by atoms with Crippen LogP contribution in [0.4, 0.5) is 4.39 Å². The number of carbonyl (C=O) groups excluding carboxylic acids is 1. The van der Waals surface area contributed by atoms with Crippen molar-refractivity contribution in [2.45, 2.75) is 19.4 Å². The van der Waals surface area contributed by atoms with E-state index in [9.17, 15) is 14.0 Å². The highest BCUT2D eigenvalue weighted by atomic mass is 19.1. The number of aryl methyl sites for hydroxylation is 1. The summed E-state index contributed by atoms with van der Waals surface area (Å²) in [4.78, 5) is 27.0. The van der Waals surface area contributed by atoms with E-state index in [1.807, 2.05) is 25.1 Å². The molecular formula is C29H26FNO6. The van der Waals surface area contributed by atoms with Gasteiger partial charge in [-0.05, 0) is 72.5 Å². The van der Waals surface area contributed by atoms with Crippen molar-refractivity contribution in [1.82, 2.24) is 4.90 Å². The van der Waals surface area contributed by atoms with Gasteiger partial charge in [-0.2, -0.15) is 0 Å². The standard InChI is InChI=1S/C29H26FNO6/c1-17-11-28(32)37-25-14-21(7-8-22(17)25)36-16-24-23-15-27(35-3)26(34-2)13-18(23)9-10-31(24)29(33)19-5-4-6-20(30)12-19/h4-8,11-15,24H,9-10,16H2,1-3H3. The van der Waals surface area contributed by atoms with E-state index in [4.69, 9.17) is 18.6 Å². The SMILES string of the molecule is COc1cc2c(cc1OC)C(COc1ccc3c(C)cc(=O)oc3c1)N(C(=O)c1cccc(F)c1)CC2. The largest absolute Gasteiger partial charge is 0.493 e. The summed E-state index contributed by atoms with van der Waals surface area (Å²) in [5.41, 5.74) is 2.93. The Kier molecular flexibility index (Phi) is 6.56. The first-order chi connectivity index (χ1) is 17.9. The molecule has 1 unspecified atom stereocenters. The first kappa shape index (κ1) is 24.4. The molecule has 7 nitrogen and oxygen atoms in total. The van der Waals surface area contributed by atoms with Crippen molar-refractivity contribution in [3.63, 3.8) is 0 Å². The van der Waals surface area contributed by atoms with Gasteiger partial charge in [0.2, 0.25) is 0 Å². The molecule has 1 atom stereocenters. The van der Waals surface area contributed by atoms with E-state index in [2.05, 4.69) is 0 Å². The van der Waals surface area contributed by atoms with Gasteiger partial charge in [-0.25, -0.2) is 9.18 Å². The third kappa shape index (κ3) is 4.74. The lowest BCUT2D eigenvalue weighted by atomic mass is 9.91. The first-order valence-electron chi connectivity index (χ1n) is 11.9. The molecule has 1 aliphatic heterocycles. The Labute approximate surface area is 213 Å². The number of benzene rings is 3. The smallest absolute Gasteiger partial charge is 0.336 e. The number of fused-ring (bicyclic) bond motifs is 2. The van der Waals surface area contributed by atoms with Crippen LogP contribution in [0.2, 0.25) is 0 Å². The Morgan fingerprint density at radius 3 is 2.59 bits per heavy atom. The predicted octanol–water partition coefficient (Wildman–Crippen LogP) is 5.08. The fourth-order valence-electron chi connectivity index (χ4n) is 4.81. The van der Waals surface area contributed by atoms with Crippen molar-refractivity contribution in [3.05, 3.63) is 99.2 Å². The summed E-state index contributed by atoms with van der Waals surface area (Å²) in [6.45, 7) is 2.37. The molecule has 0 aliphatic carbocycles. The summed E-state index contributed by atoms with van der Waals surface area (Å²) in [7, 11) is 3.13. The molecule has 1 amide bonds. The maximum Gasteiger partial charge on any atom is 0.336 e. The zero-order valence-electron chi connectivity index (χ0n) is 20.7. The Bertz CT molecular complexity index is 1550. The minimum atomic E-state index is -0.487. The van der Waals surface area contributed by atoms with Gasteiger partial charge in [0, 0.05) is 29.6 Å². The van der Waals surface area contributed by atoms with Crippen LogP contribution < -0.4 is 19.8 Å². The van der Waals surface area contributed by atoms with Gasteiger partial charge in [-0.1, -0.05) is 6.07 Å². The van der Waals surface area contributed by atoms with Crippen LogP contribution in [0.15, 0.2) is 69.9 Å². The molecular weight excluding hydrogens is 477 g/mol. The van der Waals surface area contributed by atoms with Crippen LogP contribution in [0.1, 0.15) is 33.1 Å². The number of hydrogen-bond acceptors (Lipinski definition) is 6. The minimum Gasteiger partial charge on any atom is -0.493 e. The molecule has 2 heterocycles. The van der Waals surface area contributed by atoms with Gasteiger partial charge in [0.25, 0.3) is 5.91 Å². The number of rotatable bonds is 6. The van der Waals surface area contributed by atoms with E-state index in [1.165, 1.54) is 24.3 Å². The second-order valence-corrected chi connectivity index (χ2v) is 8.90. The second-order valence-electron chi connectivity index (χ2n) is 8.90. The Morgan fingerprint density at radius 1 is 1.05 bits per heavy atom. The number of hydrogen-bond donors (Lipinski definition) is 0. The molecule has 0 fully saturated rings. The zero-order chi connectivity index (χ0) is 26.1. The number of halogens is 1. The molecule has 1 aliphatic rings. The topological polar surface area (TPSA) is 78.2 Å². The molecule has 1 aromatic heterocycles. The summed E-state index contributed by atoms with van der Waals surface area (Å²) < 4.78 is 36.4. The molecule has 190 valence electrons. The van der Waals surface area contributed by atoms with Crippen molar-refractivity contribution >= 4 is 16.9 Å². The van der Waals surface area contributed by atoms with Gasteiger partial charge < -0.3 is 23.5 Å². The van der Waals surface area contributed by atoms with Gasteiger partial charge in [0.15, 0.2) is 11.5 Å². The summed E-state index contributed by atoms with van der Waals surface area (Å²) in [5.74, 6) is 0.858. The molecule has 0 saturated heterocycles. The van der Waals surface area contributed by atoms with E-state index in [1.54, 1.807) is 37.3 Å². The van der Waals surface area contributed by atoms with Crippen LogP contribution in [-0.4, -0.2) is 38.2 Å². The van der Waals surface area contributed by atoms with Crippen LogP contribution in [-0.2, 0) is 6.42 Å². The van der Waals surface area contributed by atoms with Gasteiger partial charge in [-0.3, -0.25) is 4.79 Å². The highest BCUT2D eigenvalue weighted by molar-refractivity contribution is 5.94. The van der Waals surface area contributed by atoms with Crippen LogP contribution in [0.3, 0.4) is 0 Å². The highest BCUT2D eigenvalue weighted by Crippen LogP contribution is 2.39. The monoisotopic (exact) mass is 503 g/mol. The third-order valence-corrected chi connectivity index (χ3v) is 6.67. The van der Waals surface area contributed by atoms with Gasteiger partial charge in [-0.15, -0.1) is 0 Å². The Balaban J connectivity index is 1.52. The molecule has 0 N–H and O–H groups in total. The van der Waals surface area contributed by atoms with Gasteiger partial charge in [0.1, 0.15) is 23.8 Å². The number of carbonyl (C=O) groups is 1. The normalized spacial score (nSPS) is 14.8. The molecule has 0 saturated carbocycles. The summed E-state index contributed by atoms with van der Waals surface area (Å²) in [6.07, 6.45) is 0.591. The zero-order valence-corrected chi connectivity index (χ0v) is 20.7. The van der Waals surface area contributed by atoms with Crippen molar-refractivity contribution in [1.29, 1.82) is 0 Å². The molecule has 0 spiro atoms.